The van der Waals surface area contributed by atoms with E-state index >= 15 is 0 Å². The molecule has 0 saturated carbocycles. The number of aliphatic imine (C=N–C) groups is 2. The third-order valence-corrected chi connectivity index (χ3v) is 10.4. The molecule has 2 heteroatoms. The van der Waals surface area contributed by atoms with Gasteiger partial charge in [-0.2, -0.15) is 0 Å². The molecule has 242 valence electrons. The second-order valence-corrected chi connectivity index (χ2v) is 13.3. The van der Waals surface area contributed by atoms with Crippen molar-refractivity contribution in [2.45, 2.75) is 0 Å². The van der Waals surface area contributed by atoms with Crippen LogP contribution in [0, 0.1) is 0 Å². The van der Waals surface area contributed by atoms with Gasteiger partial charge in [-0.3, -0.25) is 9.98 Å². The van der Waals surface area contributed by atoms with Gasteiger partial charge in [0.05, 0.1) is 11.4 Å². The molecule has 10 aromatic carbocycles. The first-order chi connectivity index (χ1) is 25.8. The Labute approximate surface area is 301 Å². The van der Waals surface area contributed by atoms with E-state index in [2.05, 4.69) is 194 Å². The summed E-state index contributed by atoms with van der Waals surface area (Å²) in [6.45, 7) is 0. The molecular formula is C50H32N2. The van der Waals surface area contributed by atoms with Crippen LogP contribution in [0.1, 0.15) is 11.1 Å². The van der Waals surface area contributed by atoms with Crippen molar-refractivity contribution in [1.82, 2.24) is 0 Å². The van der Waals surface area contributed by atoms with Crippen molar-refractivity contribution in [3.05, 3.63) is 193 Å². The molecule has 0 aliphatic carbocycles. The van der Waals surface area contributed by atoms with Crippen molar-refractivity contribution in [3.63, 3.8) is 0 Å². The van der Waals surface area contributed by atoms with Crippen LogP contribution in [0.25, 0.3) is 75.8 Å². The number of hydrogen-bond donors (Lipinski definition) is 0. The van der Waals surface area contributed by atoms with Crippen molar-refractivity contribution in [2.24, 2.45) is 9.98 Å². The molecule has 0 aliphatic rings. The summed E-state index contributed by atoms with van der Waals surface area (Å²) < 4.78 is 0. The minimum atomic E-state index is 0.902. The van der Waals surface area contributed by atoms with Crippen LogP contribution < -0.4 is 0 Å². The highest BCUT2D eigenvalue weighted by Gasteiger charge is 2.17. The van der Waals surface area contributed by atoms with Crippen LogP contribution in [0.5, 0.6) is 0 Å². The van der Waals surface area contributed by atoms with E-state index in [1.54, 1.807) is 0 Å². The monoisotopic (exact) mass is 660 g/mol. The van der Waals surface area contributed by atoms with Gasteiger partial charge in [0.2, 0.25) is 0 Å². The maximum Gasteiger partial charge on any atom is 0.0715 e. The molecule has 0 fully saturated rings. The van der Waals surface area contributed by atoms with Crippen molar-refractivity contribution in [1.29, 1.82) is 0 Å². The van der Waals surface area contributed by atoms with E-state index in [1.165, 1.54) is 43.1 Å². The van der Waals surface area contributed by atoms with Crippen LogP contribution in [0.15, 0.2) is 192 Å². The van der Waals surface area contributed by atoms with E-state index in [0.717, 1.165) is 55.2 Å². The summed E-state index contributed by atoms with van der Waals surface area (Å²) in [7, 11) is 0. The highest BCUT2D eigenvalue weighted by Crippen LogP contribution is 2.46. The number of hydrogen-bond acceptors (Lipinski definition) is 2. The summed E-state index contributed by atoms with van der Waals surface area (Å²) in [5.74, 6) is 0. The Bertz CT molecular complexity index is 2760. The van der Waals surface area contributed by atoms with Crippen LogP contribution in [0.3, 0.4) is 0 Å². The number of benzene rings is 10. The second kappa shape index (κ2) is 12.5. The molecule has 0 spiro atoms. The van der Waals surface area contributed by atoms with Gasteiger partial charge in [0.1, 0.15) is 0 Å². The van der Waals surface area contributed by atoms with Gasteiger partial charge in [-0.1, -0.05) is 158 Å². The van der Waals surface area contributed by atoms with Crippen LogP contribution in [0.4, 0.5) is 11.4 Å². The third kappa shape index (κ3) is 5.04. The minimum absolute atomic E-state index is 0.902. The molecule has 2 nitrogen and oxygen atoms in total. The third-order valence-electron chi connectivity index (χ3n) is 10.4. The van der Waals surface area contributed by atoms with Crippen LogP contribution in [-0.2, 0) is 0 Å². The van der Waals surface area contributed by atoms with E-state index in [9.17, 15) is 0 Å². The summed E-state index contributed by atoms with van der Waals surface area (Å²) in [5.41, 5.74) is 6.19. The summed E-state index contributed by atoms with van der Waals surface area (Å²) in [6.07, 6.45) is 4.13. The second-order valence-electron chi connectivity index (χ2n) is 13.3. The summed E-state index contributed by atoms with van der Waals surface area (Å²) in [5, 5.41) is 14.2. The highest BCUT2D eigenvalue weighted by molar-refractivity contribution is 6.18. The summed E-state index contributed by atoms with van der Waals surface area (Å²) in [4.78, 5) is 10.7. The van der Waals surface area contributed by atoms with Gasteiger partial charge in [-0.05, 0) is 88.9 Å². The lowest BCUT2D eigenvalue weighted by molar-refractivity contribution is 1.51. The molecule has 0 amide bonds. The molecule has 0 atom stereocenters. The SMILES string of the molecule is C(=Nc1ccc2ccccc2c1-c1c(N=Cc2c3ccccc3cc3ccccc23)ccc2ccccc12)c1c2ccccc2cc2ccccc12. The van der Waals surface area contributed by atoms with Gasteiger partial charge in [0.15, 0.2) is 0 Å². The first-order valence-corrected chi connectivity index (χ1v) is 17.7. The topological polar surface area (TPSA) is 24.7 Å². The van der Waals surface area contributed by atoms with Gasteiger partial charge in [0, 0.05) is 34.7 Å². The number of rotatable bonds is 5. The number of nitrogens with zero attached hydrogens (tertiary/aromatic N) is 2. The zero-order valence-electron chi connectivity index (χ0n) is 28.4. The lowest BCUT2D eigenvalue weighted by Crippen LogP contribution is -1.91. The van der Waals surface area contributed by atoms with Gasteiger partial charge in [0.25, 0.3) is 0 Å². The zero-order chi connectivity index (χ0) is 34.4. The molecule has 0 unspecified atom stereocenters. The first kappa shape index (κ1) is 30.0. The Morgan fingerprint density at radius 2 is 0.558 bits per heavy atom. The fourth-order valence-corrected chi connectivity index (χ4v) is 7.90. The first-order valence-electron chi connectivity index (χ1n) is 17.7. The van der Waals surface area contributed by atoms with Gasteiger partial charge >= 0.3 is 0 Å². The predicted octanol–water partition coefficient (Wildman–Crippen LogP) is 13.8. The van der Waals surface area contributed by atoms with Gasteiger partial charge < -0.3 is 0 Å². The van der Waals surface area contributed by atoms with Crippen molar-refractivity contribution >= 4 is 88.4 Å². The van der Waals surface area contributed by atoms with Gasteiger partial charge in [-0.15, -0.1) is 0 Å². The van der Waals surface area contributed by atoms with Crippen LogP contribution in [-0.4, -0.2) is 12.4 Å². The van der Waals surface area contributed by atoms with Crippen molar-refractivity contribution in [2.75, 3.05) is 0 Å². The average molecular weight is 661 g/mol. The van der Waals surface area contributed by atoms with Crippen molar-refractivity contribution in [3.8, 4) is 11.1 Å². The maximum atomic E-state index is 5.37. The molecule has 0 heterocycles. The van der Waals surface area contributed by atoms with Crippen molar-refractivity contribution < 1.29 is 0 Å². The molecule has 0 saturated heterocycles. The summed E-state index contributed by atoms with van der Waals surface area (Å²) in [6, 6.07) is 64.8. The number of fused-ring (bicyclic) bond motifs is 6. The Morgan fingerprint density at radius 1 is 0.269 bits per heavy atom. The summed E-state index contributed by atoms with van der Waals surface area (Å²) >= 11 is 0. The van der Waals surface area contributed by atoms with Crippen LogP contribution >= 0.6 is 0 Å². The Hall–Kier alpha value is -6.90. The molecule has 0 aliphatic heterocycles. The lowest BCUT2D eigenvalue weighted by atomic mass is 9.91. The molecule has 0 bridgehead atoms. The van der Waals surface area contributed by atoms with E-state index < -0.39 is 0 Å². The minimum Gasteiger partial charge on any atom is -0.256 e. The van der Waals surface area contributed by atoms with E-state index in [0.29, 0.717) is 0 Å². The molecule has 10 rings (SSSR count). The normalized spacial score (nSPS) is 12.1. The maximum absolute atomic E-state index is 5.37. The van der Waals surface area contributed by atoms with E-state index in [1.807, 2.05) is 0 Å². The lowest BCUT2D eigenvalue weighted by Gasteiger charge is -2.16. The Kier molecular flexibility index (Phi) is 7.18. The largest absolute Gasteiger partial charge is 0.256 e. The van der Waals surface area contributed by atoms with Crippen LogP contribution in [0.2, 0.25) is 0 Å². The standard InChI is InChI=1S/C50H32N2/c1-11-23-43-33(13-1)25-27-47(51-31-45-39-19-7-3-15-35(39)29-36-16-4-8-20-40(36)45)49(43)50-44-24-12-2-14-34(44)26-28-48(50)52-32-46-41-21-9-5-17-37(41)30-38-18-6-10-22-42(38)46/h1-32H. The van der Waals surface area contributed by atoms with E-state index in [4.69, 9.17) is 9.98 Å². The fourth-order valence-electron chi connectivity index (χ4n) is 7.90. The predicted molar refractivity (Wildman–Crippen MR) is 224 cm³/mol. The highest BCUT2D eigenvalue weighted by atomic mass is 14.7. The quantitative estimate of drug-likeness (QED) is 0.130. The Balaban J connectivity index is 1.24. The smallest absolute Gasteiger partial charge is 0.0715 e. The van der Waals surface area contributed by atoms with E-state index in [-0.39, 0.29) is 0 Å². The molecular weight excluding hydrogens is 629 g/mol. The fraction of sp³-hybridized carbons (Fsp3) is 0. The molecule has 0 N–H and O–H groups in total. The molecule has 0 radical (unpaired) electrons. The Morgan fingerprint density at radius 3 is 0.904 bits per heavy atom. The zero-order valence-corrected chi connectivity index (χ0v) is 28.4. The molecule has 52 heavy (non-hydrogen) atoms. The average Bonchev–Trinajstić information content (AvgIpc) is 3.20. The van der Waals surface area contributed by atoms with Gasteiger partial charge in [-0.25, -0.2) is 0 Å². The molecule has 0 aromatic heterocycles. The molecule has 10 aromatic rings.